The zero-order valence-electron chi connectivity index (χ0n) is 18.1. The smallest absolute Gasteiger partial charge is 0.451 e. The molecule has 0 bridgehead atoms. The summed E-state index contributed by atoms with van der Waals surface area (Å²) < 4.78 is 28.5. The van der Waals surface area contributed by atoms with Crippen LogP contribution in [-0.4, -0.2) is 39.8 Å². The lowest BCUT2D eigenvalue weighted by molar-refractivity contribution is -0.148. The first-order valence-electron chi connectivity index (χ1n) is 11.2. The second kappa shape index (κ2) is 10.7. The molecular weight excluding hydrogens is 417 g/mol. The van der Waals surface area contributed by atoms with Gasteiger partial charge in [-0.3, -0.25) is 4.79 Å². The van der Waals surface area contributed by atoms with Gasteiger partial charge in [-0.05, 0) is 62.0 Å². The first-order chi connectivity index (χ1) is 15.2. The Morgan fingerprint density at radius 2 is 1.91 bits per heavy atom. The van der Waals surface area contributed by atoms with Crippen LogP contribution in [0.3, 0.4) is 0 Å². The van der Waals surface area contributed by atoms with Crippen LogP contribution in [0.2, 0.25) is 6.32 Å². The van der Waals surface area contributed by atoms with Crippen LogP contribution in [0.1, 0.15) is 56.1 Å². The maximum Gasteiger partial charge on any atom is 0.451 e. The second-order valence-electron chi connectivity index (χ2n) is 8.88. The van der Waals surface area contributed by atoms with Gasteiger partial charge in [0, 0.05) is 23.7 Å². The number of unbranched alkanes of at least 4 members (excludes halogenated alkanes) is 1. The van der Waals surface area contributed by atoms with Crippen molar-refractivity contribution >= 4 is 18.7 Å². The van der Waals surface area contributed by atoms with Crippen molar-refractivity contribution in [2.75, 3.05) is 0 Å². The third kappa shape index (κ3) is 5.83. The molecule has 0 aromatic heterocycles. The second-order valence-corrected chi connectivity index (χ2v) is 8.88. The maximum atomic E-state index is 14.6. The molecule has 2 aliphatic rings. The lowest BCUT2D eigenvalue weighted by atomic mass is 9.66. The number of carbonyl (C=O) groups is 1. The first kappa shape index (κ1) is 24.6. The molecule has 0 aliphatic heterocycles. The topological polar surface area (TPSA) is 116 Å². The lowest BCUT2D eigenvalue weighted by Gasteiger charge is -2.45. The van der Waals surface area contributed by atoms with E-state index in [2.05, 4.69) is 5.32 Å². The molecule has 174 valence electrons. The van der Waals surface area contributed by atoms with Crippen molar-refractivity contribution in [2.24, 2.45) is 11.7 Å². The number of halogens is 2. The van der Waals surface area contributed by atoms with E-state index in [-0.39, 0.29) is 30.3 Å². The minimum Gasteiger partial charge on any atom is -0.480 e. The first-order valence-corrected chi connectivity index (χ1v) is 11.2. The highest BCUT2D eigenvalue weighted by molar-refractivity contribution is 6.40. The van der Waals surface area contributed by atoms with Crippen molar-refractivity contribution in [3.8, 4) is 0 Å². The van der Waals surface area contributed by atoms with E-state index in [0.29, 0.717) is 50.6 Å². The Morgan fingerprint density at radius 1 is 1.19 bits per heavy atom. The van der Waals surface area contributed by atoms with Gasteiger partial charge in [0.05, 0.1) is 0 Å². The molecule has 0 spiro atoms. The van der Waals surface area contributed by atoms with Crippen molar-refractivity contribution in [3.05, 3.63) is 53.1 Å². The Balaban J connectivity index is 1.49. The normalized spacial score (nSPS) is 22.4. The molecule has 9 heteroatoms. The fraction of sp³-hybridized carbons (Fsp3) is 0.522. The summed E-state index contributed by atoms with van der Waals surface area (Å²) in [6, 6.07) is 4.86. The molecule has 3 rings (SSSR count). The fourth-order valence-electron chi connectivity index (χ4n) is 4.47. The quantitative estimate of drug-likeness (QED) is 0.262. The highest BCUT2D eigenvalue weighted by atomic mass is 19.1. The number of carboxylic acids is 1. The van der Waals surface area contributed by atoms with Crippen LogP contribution in [0.5, 0.6) is 0 Å². The van der Waals surface area contributed by atoms with E-state index >= 15 is 0 Å². The minimum absolute atomic E-state index is 0.0886. The van der Waals surface area contributed by atoms with Crippen LogP contribution in [0, 0.1) is 11.7 Å². The third-order valence-corrected chi connectivity index (χ3v) is 6.58. The zero-order valence-corrected chi connectivity index (χ0v) is 18.1. The number of allylic oxidation sites excluding steroid dienone is 4. The van der Waals surface area contributed by atoms with E-state index in [9.17, 15) is 18.7 Å². The van der Waals surface area contributed by atoms with E-state index < -0.39 is 30.3 Å². The van der Waals surface area contributed by atoms with E-state index in [1.807, 2.05) is 0 Å². The molecule has 1 aromatic carbocycles. The van der Waals surface area contributed by atoms with Gasteiger partial charge in [-0.15, -0.1) is 0 Å². The van der Waals surface area contributed by atoms with Crippen LogP contribution in [-0.2, 0) is 11.3 Å². The Morgan fingerprint density at radius 3 is 2.53 bits per heavy atom. The van der Waals surface area contributed by atoms with Crippen LogP contribution in [0.4, 0.5) is 8.78 Å². The molecule has 0 heterocycles. The number of nitrogens with one attached hydrogen (secondary N) is 1. The Kier molecular flexibility index (Phi) is 8.22. The fourth-order valence-corrected chi connectivity index (χ4v) is 4.47. The molecule has 1 unspecified atom stereocenters. The number of hydrogen-bond donors (Lipinski definition) is 5. The summed E-state index contributed by atoms with van der Waals surface area (Å²) in [5.41, 5.74) is 6.17. The molecule has 0 radical (unpaired) electrons. The van der Waals surface area contributed by atoms with Gasteiger partial charge in [-0.1, -0.05) is 31.1 Å². The highest BCUT2D eigenvalue weighted by Crippen LogP contribution is 2.38. The van der Waals surface area contributed by atoms with Crippen LogP contribution >= 0.6 is 0 Å². The van der Waals surface area contributed by atoms with Crippen molar-refractivity contribution in [1.82, 2.24) is 5.32 Å². The predicted molar refractivity (Wildman–Crippen MR) is 120 cm³/mol. The molecule has 1 aromatic rings. The minimum atomic E-state index is -1.39. The Hall–Kier alpha value is -2.07. The summed E-state index contributed by atoms with van der Waals surface area (Å²) in [6.07, 6.45) is 7.19. The largest absolute Gasteiger partial charge is 0.480 e. The Bertz CT molecular complexity index is 887. The van der Waals surface area contributed by atoms with Crippen molar-refractivity contribution < 1.29 is 28.7 Å². The molecule has 0 amide bonds. The summed E-state index contributed by atoms with van der Waals surface area (Å²) in [5, 5.41) is 30.8. The van der Waals surface area contributed by atoms with Gasteiger partial charge < -0.3 is 26.2 Å². The number of benzene rings is 1. The number of carboxylic acid groups (broad SMARTS) is 1. The predicted octanol–water partition coefficient (Wildman–Crippen LogP) is 3.15. The monoisotopic (exact) mass is 448 g/mol. The van der Waals surface area contributed by atoms with Crippen molar-refractivity contribution in [1.29, 1.82) is 0 Å². The molecule has 0 saturated heterocycles. The molecular formula is C23H31BF2N2O4. The van der Waals surface area contributed by atoms with E-state index in [1.165, 1.54) is 12.1 Å². The van der Waals surface area contributed by atoms with Gasteiger partial charge in [0.1, 0.15) is 17.2 Å². The molecule has 1 fully saturated rings. The maximum absolute atomic E-state index is 14.6. The van der Waals surface area contributed by atoms with E-state index in [1.54, 1.807) is 18.2 Å². The average Bonchev–Trinajstić information content (AvgIpc) is 2.70. The lowest BCUT2D eigenvalue weighted by Crippen LogP contribution is -2.61. The molecule has 2 aliphatic carbocycles. The number of rotatable bonds is 11. The van der Waals surface area contributed by atoms with Crippen LogP contribution < -0.4 is 11.1 Å². The molecule has 32 heavy (non-hydrogen) atoms. The third-order valence-electron chi connectivity index (χ3n) is 6.58. The average molecular weight is 448 g/mol. The van der Waals surface area contributed by atoms with Crippen molar-refractivity contribution in [2.45, 2.75) is 69.4 Å². The van der Waals surface area contributed by atoms with Gasteiger partial charge in [-0.2, -0.15) is 0 Å². The summed E-state index contributed by atoms with van der Waals surface area (Å²) in [5.74, 6) is -2.07. The van der Waals surface area contributed by atoms with Gasteiger partial charge >= 0.3 is 13.1 Å². The summed E-state index contributed by atoms with van der Waals surface area (Å²) >= 11 is 0. The molecule has 6 N–H and O–H groups in total. The summed E-state index contributed by atoms with van der Waals surface area (Å²) in [4.78, 5) is 11.8. The zero-order chi connectivity index (χ0) is 23.3. The number of aliphatic carboxylic acids is 1. The summed E-state index contributed by atoms with van der Waals surface area (Å²) in [6.45, 7) is 0.422. The van der Waals surface area contributed by atoms with E-state index in [0.717, 1.165) is 5.56 Å². The van der Waals surface area contributed by atoms with Gasteiger partial charge in [0.15, 0.2) is 0 Å². The summed E-state index contributed by atoms with van der Waals surface area (Å²) in [7, 11) is -1.39. The van der Waals surface area contributed by atoms with Crippen LogP contribution in [0.25, 0.3) is 5.57 Å². The molecule has 1 atom stereocenters. The number of hydrogen-bond acceptors (Lipinski definition) is 5. The van der Waals surface area contributed by atoms with Gasteiger partial charge in [-0.25, -0.2) is 8.78 Å². The van der Waals surface area contributed by atoms with E-state index in [4.69, 9.17) is 15.8 Å². The Labute approximate surface area is 187 Å². The standard InChI is InChI=1S/C23H31BF2N2O4/c25-20-6-2-1-5-18(20)19-8-7-15(11-21(19)26)14-28-17-12-16(13-17)23(27,22(29)30)9-3-4-10-24(31)32/h5-8,11,16-17,28,31-32H,1-4,9-10,12-14,27H2,(H,29,30). The van der Waals surface area contributed by atoms with Crippen molar-refractivity contribution in [3.63, 3.8) is 0 Å². The van der Waals surface area contributed by atoms with Gasteiger partial charge in [0.2, 0.25) is 0 Å². The highest BCUT2D eigenvalue weighted by Gasteiger charge is 2.48. The van der Waals surface area contributed by atoms with Gasteiger partial charge in [0.25, 0.3) is 0 Å². The molecule has 1 saturated carbocycles. The number of nitrogens with two attached hydrogens (primary N) is 1. The molecule has 6 nitrogen and oxygen atoms in total. The SMILES string of the molecule is NC(CCCCB(O)O)(C(=O)O)C1CC(NCc2ccc(C3=CCCC=C3F)c(F)c2)C1. The van der Waals surface area contributed by atoms with Crippen LogP contribution in [0.15, 0.2) is 36.2 Å².